The lowest BCUT2D eigenvalue weighted by Crippen LogP contribution is -2.64. The molecule has 5 aliphatic rings. The molecule has 4 bridgehead atoms. The van der Waals surface area contributed by atoms with Gasteiger partial charge in [-0.2, -0.15) is 5.26 Å². The van der Waals surface area contributed by atoms with E-state index >= 15 is 0 Å². The van der Waals surface area contributed by atoms with Gasteiger partial charge in [-0.25, -0.2) is 0 Å². The Balaban J connectivity index is 1.55. The first-order valence-electron chi connectivity index (χ1n) is 8.44. The average molecular weight is 274 g/mol. The van der Waals surface area contributed by atoms with Gasteiger partial charge in [-0.1, -0.05) is 0 Å². The van der Waals surface area contributed by atoms with E-state index in [0.717, 1.165) is 30.6 Å². The number of nitrogens with zero attached hydrogens (tertiary/aromatic N) is 1. The standard InChI is InChI=1S/C17H26N2O/c18-10-17(19,11-20-15-2-1-3-15)16-7-12-4-13(8-16)6-14(5-12)9-16/h12-15H,1-9,11,19H2. The van der Waals surface area contributed by atoms with Crippen LogP contribution in [0.3, 0.4) is 0 Å². The fraction of sp³-hybridized carbons (Fsp3) is 0.941. The number of ether oxygens (including phenoxy) is 1. The topological polar surface area (TPSA) is 59.0 Å². The Kier molecular flexibility index (Phi) is 2.91. The molecule has 0 radical (unpaired) electrons. The van der Waals surface area contributed by atoms with Gasteiger partial charge in [0, 0.05) is 5.41 Å². The van der Waals surface area contributed by atoms with Crippen molar-refractivity contribution in [1.29, 1.82) is 5.26 Å². The van der Waals surface area contributed by atoms with Crippen LogP contribution in [0.15, 0.2) is 0 Å². The normalized spacial score (nSPS) is 45.7. The van der Waals surface area contributed by atoms with Crippen molar-refractivity contribution in [2.75, 3.05) is 6.61 Å². The Morgan fingerprint density at radius 2 is 1.65 bits per heavy atom. The van der Waals surface area contributed by atoms with E-state index in [9.17, 15) is 5.26 Å². The molecule has 3 heteroatoms. The molecule has 5 saturated carbocycles. The van der Waals surface area contributed by atoms with Crippen LogP contribution in [0.2, 0.25) is 0 Å². The van der Waals surface area contributed by atoms with Gasteiger partial charge in [0.05, 0.1) is 18.8 Å². The first-order chi connectivity index (χ1) is 9.62. The molecule has 110 valence electrons. The third kappa shape index (κ3) is 1.84. The van der Waals surface area contributed by atoms with Crippen molar-refractivity contribution in [3.8, 4) is 6.07 Å². The molecular formula is C17H26N2O. The lowest BCUT2D eigenvalue weighted by molar-refractivity contribution is -0.114. The summed E-state index contributed by atoms with van der Waals surface area (Å²) in [5.74, 6) is 2.50. The van der Waals surface area contributed by atoms with Crippen LogP contribution in [0.25, 0.3) is 0 Å². The third-order valence-electron chi connectivity index (χ3n) is 6.78. The first kappa shape index (κ1) is 13.1. The van der Waals surface area contributed by atoms with Crippen molar-refractivity contribution < 1.29 is 4.74 Å². The largest absolute Gasteiger partial charge is 0.375 e. The van der Waals surface area contributed by atoms with Crippen LogP contribution in [-0.2, 0) is 4.74 Å². The van der Waals surface area contributed by atoms with E-state index in [1.165, 1.54) is 44.9 Å². The highest BCUT2D eigenvalue weighted by Crippen LogP contribution is 2.63. The van der Waals surface area contributed by atoms with Crippen LogP contribution in [0.5, 0.6) is 0 Å². The van der Waals surface area contributed by atoms with Crippen LogP contribution in [0.1, 0.15) is 57.8 Å². The third-order valence-corrected chi connectivity index (χ3v) is 6.78. The van der Waals surface area contributed by atoms with E-state index in [4.69, 9.17) is 10.5 Å². The lowest BCUT2D eigenvalue weighted by atomic mass is 9.45. The minimum absolute atomic E-state index is 0.0558. The number of rotatable bonds is 4. The fourth-order valence-electron chi connectivity index (χ4n) is 5.75. The van der Waals surface area contributed by atoms with Crippen LogP contribution in [0, 0.1) is 34.5 Å². The molecule has 2 N–H and O–H groups in total. The van der Waals surface area contributed by atoms with E-state index < -0.39 is 5.54 Å². The maximum absolute atomic E-state index is 9.79. The smallest absolute Gasteiger partial charge is 0.133 e. The molecule has 0 heterocycles. The second-order valence-electron chi connectivity index (χ2n) is 8.14. The molecule has 1 unspecified atom stereocenters. The van der Waals surface area contributed by atoms with Gasteiger partial charge in [-0.3, -0.25) is 0 Å². The Morgan fingerprint density at radius 3 is 2.05 bits per heavy atom. The molecule has 0 aromatic carbocycles. The molecule has 1 atom stereocenters. The Labute approximate surface area is 121 Å². The zero-order chi connectivity index (χ0) is 13.8. The summed E-state index contributed by atoms with van der Waals surface area (Å²) in [6.07, 6.45) is 11.7. The highest BCUT2D eigenvalue weighted by molar-refractivity contribution is 5.21. The van der Waals surface area contributed by atoms with Gasteiger partial charge in [-0.15, -0.1) is 0 Å². The maximum atomic E-state index is 9.79. The van der Waals surface area contributed by atoms with E-state index in [0.29, 0.717) is 12.7 Å². The minimum atomic E-state index is -0.751. The second kappa shape index (κ2) is 4.45. The van der Waals surface area contributed by atoms with Crippen molar-refractivity contribution in [3.05, 3.63) is 0 Å². The van der Waals surface area contributed by atoms with Crippen molar-refractivity contribution in [2.24, 2.45) is 28.9 Å². The summed E-state index contributed by atoms with van der Waals surface area (Å²) in [6, 6.07) is 2.49. The molecule has 5 rings (SSSR count). The Bertz CT molecular complexity index is 401. The molecule has 0 aromatic heterocycles. The summed E-state index contributed by atoms with van der Waals surface area (Å²) in [5.41, 5.74) is 5.94. The van der Waals surface area contributed by atoms with Crippen molar-refractivity contribution in [1.82, 2.24) is 0 Å². The summed E-state index contributed by atoms with van der Waals surface area (Å²) >= 11 is 0. The quantitative estimate of drug-likeness (QED) is 0.857. The Hall–Kier alpha value is -0.590. The molecule has 5 aliphatic carbocycles. The predicted molar refractivity (Wildman–Crippen MR) is 76.7 cm³/mol. The summed E-state index contributed by atoms with van der Waals surface area (Å²) < 4.78 is 5.98. The van der Waals surface area contributed by atoms with Crippen LogP contribution >= 0.6 is 0 Å². The summed E-state index contributed by atoms with van der Waals surface area (Å²) in [7, 11) is 0. The average Bonchev–Trinajstić information content (AvgIpc) is 2.34. The van der Waals surface area contributed by atoms with E-state index in [-0.39, 0.29) is 5.41 Å². The first-order valence-corrected chi connectivity index (χ1v) is 8.44. The van der Waals surface area contributed by atoms with Crippen molar-refractivity contribution in [3.63, 3.8) is 0 Å². The van der Waals surface area contributed by atoms with Crippen molar-refractivity contribution >= 4 is 0 Å². The molecule has 0 aromatic rings. The van der Waals surface area contributed by atoms with Gasteiger partial charge < -0.3 is 10.5 Å². The summed E-state index contributed by atoms with van der Waals surface area (Å²) in [4.78, 5) is 0. The monoisotopic (exact) mass is 274 g/mol. The number of hydrogen-bond acceptors (Lipinski definition) is 3. The zero-order valence-corrected chi connectivity index (χ0v) is 12.3. The molecule has 0 aliphatic heterocycles. The van der Waals surface area contributed by atoms with Crippen LogP contribution in [0.4, 0.5) is 0 Å². The van der Waals surface area contributed by atoms with Gasteiger partial charge in [-0.05, 0) is 75.5 Å². The van der Waals surface area contributed by atoms with Gasteiger partial charge in [0.2, 0.25) is 0 Å². The van der Waals surface area contributed by atoms with Gasteiger partial charge >= 0.3 is 0 Å². The highest BCUT2D eigenvalue weighted by Gasteiger charge is 2.59. The summed E-state index contributed by atoms with van der Waals surface area (Å²) in [5, 5.41) is 9.79. The van der Waals surface area contributed by atoms with E-state index in [2.05, 4.69) is 6.07 Å². The number of nitriles is 1. The van der Waals surface area contributed by atoms with Crippen LogP contribution in [-0.4, -0.2) is 18.2 Å². The van der Waals surface area contributed by atoms with Gasteiger partial charge in [0.1, 0.15) is 5.54 Å². The minimum Gasteiger partial charge on any atom is -0.375 e. The molecule has 20 heavy (non-hydrogen) atoms. The van der Waals surface area contributed by atoms with Crippen LogP contribution < -0.4 is 5.73 Å². The van der Waals surface area contributed by atoms with Gasteiger partial charge in [0.25, 0.3) is 0 Å². The number of hydrogen-bond donors (Lipinski definition) is 1. The van der Waals surface area contributed by atoms with Crippen molar-refractivity contribution in [2.45, 2.75) is 69.4 Å². The second-order valence-corrected chi connectivity index (χ2v) is 8.14. The number of nitrogens with two attached hydrogens (primary N) is 1. The SMILES string of the molecule is N#CC(N)(COC1CCC1)C12CC3CC(CC(C3)C1)C2. The zero-order valence-electron chi connectivity index (χ0n) is 12.3. The molecule has 0 saturated heterocycles. The Morgan fingerprint density at radius 1 is 1.10 bits per heavy atom. The molecule has 3 nitrogen and oxygen atoms in total. The van der Waals surface area contributed by atoms with Gasteiger partial charge in [0.15, 0.2) is 0 Å². The molecule has 5 fully saturated rings. The van der Waals surface area contributed by atoms with E-state index in [1.807, 2.05) is 0 Å². The fourth-order valence-corrected chi connectivity index (χ4v) is 5.75. The molecular weight excluding hydrogens is 248 g/mol. The predicted octanol–water partition coefficient (Wildman–Crippen LogP) is 2.99. The van der Waals surface area contributed by atoms with E-state index in [1.54, 1.807) is 0 Å². The maximum Gasteiger partial charge on any atom is 0.133 e. The molecule has 0 amide bonds. The highest BCUT2D eigenvalue weighted by atomic mass is 16.5. The lowest BCUT2D eigenvalue weighted by Gasteiger charge is -2.61. The molecule has 0 spiro atoms. The summed E-state index contributed by atoms with van der Waals surface area (Å²) in [6.45, 7) is 0.459.